The summed E-state index contributed by atoms with van der Waals surface area (Å²) in [5, 5.41) is 3.18. The Morgan fingerprint density at radius 3 is 2.45 bits per heavy atom. The van der Waals surface area contributed by atoms with E-state index in [9.17, 15) is 4.79 Å². The predicted octanol–water partition coefficient (Wildman–Crippen LogP) is 2.85. The smallest absolute Gasteiger partial charge is 0.328 e. The predicted molar refractivity (Wildman–Crippen MR) is 78.5 cm³/mol. The molecule has 20 heavy (non-hydrogen) atoms. The number of esters is 1. The number of carbonyl (C=O) groups is 1. The van der Waals surface area contributed by atoms with Crippen LogP contribution in [0.15, 0.2) is 18.2 Å². The number of carbonyl (C=O) groups excluding carboxylic acids is 1. The molecule has 0 amide bonds. The number of unbranched alkanes of at least 4 members (excludes halogenated alkanes) is 1. The molecule has 1 aromatic rings. The molecular formula is C15H23NO4. The monoisotopic (exact) mass is 281 g/mol. The van der Waals surface area contributed by atoms with Gasteiger partial charge in [-0.25, -0.2) is 4.79 Å². The molecule has 1 N–H and O–H groups in total. The molecule has 1 rings (SSSR count). The van der Waals surface area contributed by atoms with Crippen molar-refractivity contribution in [2.45, 2.75) is 32.2 Å². The average Bonchev–Trinajstić information content (AvgIpc) is 2.50. The molecule has 0 radical (unpaired) electrons. The van der Waals surface area contributed by atoms with E-state index in [1.807, 2.05) is 6.07 Å². The highest BCUT2D eigenvalue weighted by molar-refractivity contribution is 5.79. The molecule has 5 nitrogen and oxygen atoms in total. The fourth-order valence-electron chi connectivity index (χ4n) is 1.93. The highest BCUT2D eigenvalue weighted by atomic mass is 16.5. The molecule has 0 aliphatic rings. The molecule has 112 valence electrons. The normalized spacial score (nSPS) is 11.6. The summed E-state index contributed by atoms with van der Waals surface area (Å²) in [5.41, 5.74) is 0.800. The van der Waals surface area contributed by atoms with E-state index in [1.54, 1.807) is 26.4 Å². The van der Waals surface area contributed by atoms with Gasteiger partial charge >= 0.3 is 5.97 Å². The summed E-state index contributed by atoms with van der Waals surface area (Å²) in [4.78, 5) is 11.8. The van der Waals surface area contributed by atoms with Gasteiger partial charge in [0.05, 0.1) is 21.3 Å². The fraction of sp³-hybridized carbons (Fsp3) is 0.533. The lowest BCUT2D eigenvalue weighted by atomic mass is 10.1. The largest absolute Gasteiger partial charge is 0.493 e. The van der Waals surface area contributed by atoms with Crippen molar-refractivity contribution >= 4 is 11.7 Å². The second kappa shape index (κ2) is 8.30. The van der Waals surface area contributed by atoms with Crippen molar-refractivity contribution in [3.8, 4) is 11.5 Å². The number of hydrogen-bond acceptors (Lipinski definition) is 5. The molecule has 5 heteroatoms. The Hall–Kier alpha value is -1.91. The number of rotatable bonds is 8. The molecule has 1 aromatic carbocycles. The molecule has 0 bridgehead atoms. The van der Waals surface area contributed by atoms with Gasteiger partial charge in [-0.05, 0) is 18.6 Å². The Labute approximate surface area is 120 Å². The van der Waals surface area contributed by atoms with E-state index >= 15 is 0 Å². The second-order valence-corrected chi connectivity index (χ2v) is 4.43. The molecule has 0 fully saturated rings. The van der Waals surface area contributed by atoms with E-state index in [0.29, 0.717) is 11.5 Å². The molecule has 0 saturated heterocycles. The van der Waals surface area contributed by atoms with Crippen LogP contribution in [0.3, 0.4) is 0 Å². The van der Waals surface area contributed by atoms with Gasteiger partial charge in [-0.15, -0.1) is 0 Å². The fourth-order valence-corrected chi connectivity index (χ4v) is 1.93. The standard InChI is InChI=1S/C15H23NO4/c1-5-6-7-12(15(17)20-4)16-11-8-9-13(18-2)14(10-11)19-3/h8-10,12,16H,5-7H2,1-4H3. The summed E-state index contributed by atoms with van der Waals surface area (Å²) < 4.78 is 15.3. The molecule has 1 atom stereocenters. The van der Waals surface area contributed by atoms with Gasteiger partial charge in [-0.2, -0.15) is 0 Å². The summed E-state index contributed by atoms with van der Waals surface area (Å²) in [6.07, 6.45) is 2.72. The quantitative estimate of drug-likeness (QED) is 0.743. The summed E-state index contributed by atoms with van der Waals surface area (Å²) in [6.45, 7) is 2.09. The maximum absolute atomic E-state index is 11.8. The van der Waals surface area contributed by atoms with Gasteiger partial charge in [0.15, 0.2) is 11.5 Å². The van der Waals surface area contributed by atoms with Gasteiger partial charge in [-0.1, -0.05) is 19.8 Å². The Bertz CT molecular complexity index is 434. The number of hydrogen-bond donors (Lipinski definition) is 1. The third-order valence-corrected chi connectivity index (χ3v) is 3.06. The van der Waals surface area contributed by atoms with Crippen LogP contribution in [0.1, 0.15) is 26.2 Å². The molecule has 0 aliphatic heterocycles. The topological polar surface area (TPSA) is 56.8 Å². The van der Waals surface area contributed by atoms with Crippen molar-refractivity contribution in [2.24, 2.45) is 0 Å². The van der Waals surface area contributed by atoms with Gasteiger partial charge < -0.3 is 19.5 Å². The molecule has 0 aliphatic carbocycles. The molecule has 0 spiro atoms. The van der Waals surface area contributed by atoms with Gasteiger partial charge in [0, 0.05) is 11.8 Å². The zero-order valence-corrected chi connectivity index (χ0v) is 12.6. The van der Waals surface area contributed by atoms with Gasteiger partial charge in [0.1, 0.15) is 6.04 Å². The van der Waals surface area contributed by atoms with E-state index in [1.165, 1.54) is 7.11 Å². The van der Waals surface area contributed by atoms with Crippen LogP contribution in [-0.2, 0) is 9.53 Å². The van der Waals surface area contributed by atoms with Crippen molar-refractivity contribution < 1.29 is 19.0 Å². The zero-order chi connectivity index (χ0) is 15.0. The van der Waals surface area contributed by atoms with Crippen molar-refractivity contribution in [2.75, 3.05) is 26.6 Å². The SMILES string of the molecule is CCCCC(Nc1ccc(OC)c(OC)c1)C(=O)OC. The van der Waals surface area contributed by atoms with Crippen LogP contribution in [0.2, 0.25) is 0 Å². The number of benzene rings is 1. The highest BCUT2D eigenvalue weighted by Crippen LogP contribution is 2.30. The Morgan fingerprint density at radius 2 is 1.90 bits per heavy atom. The first kappa shape index (κ1) is 16.1. The van der Waals surface area contributed by atoms with E-state index in [2.05, 4.69) is 12.2 Å². The summed E-state index contributed by atoms with van der Waals surface area (Å²) >= 11 is 0. The average molecular weight is 281 g/mol. The Morgan fingerprint density at radius 1 is 1.20 bits per heavy atom. The molecule has 0 heterocycles. The van der Waals surface area contributed by atoms with Crippen LogP contribution >= 0.6 is 0 Å². The summed E-state index contributed by atoms with van der Waals surface area (Å²) in [6, 6.07) is 5.11. The van der Waals surface area contributed by atoms with E-state index in [0.717, 1.165) is 24.9 Å². The minimum Gasteiger partial charge on any atom is -0.493 e. The highest BCUT2D eigenvalue weighted by Gasteiger charge is 2.18. The van der Waals surface area contributed by atoms with Crippen LogP contribution in [0.25, 0.3) is 0 Å². The zero-order valence-electron chi connectivity index (χ0n) is 12.6. The van der Waals surface area contributed by atoms with Crippen molar-refractivity contribution in [1.82, 2.24) is 0 Å². The van der Waals surface area contributed by atoms with E-state index < -0.39 is 0 Å². The van der Waals surface area contributed by atoms with Crippen LogP contribution in [0, 0.1) is 0 Å². The van der Waals surface area contributed by atoms with Gasteiger partial charge in [0.25, 0.3) is 0 Å². The van der Waals surface area contributed by atoms with Crippen molar-refractivity contribution in [3.63, 3.8) is 0 Å². The number of methoxy groups -OCH3 is 3. The maximum atomic E-state index is 11.8. The lowest BCUT2D eigenvalue weighted by Crippen LogP contribution is -2.30. The third-order valence-electron chi connectivity index (χ3n) is 3.06. The summed E-state index contributed by atoms with van der Waals surface area (Å²) in [5.74, 6) is 1.02. The number of ether oxygens (including phenoxy) is 3. The number of nitrogens with one attached hydrogen (secondary N) is 1. The Balaban J connectivity index is 2.84. The van der Waals surface area contributed by atoms with Crippen LogP contribution in [0.4, 0.5) is 5.69 Å². The minimum absolute atomic E-state index is 0.256. The van der Waals surface area contributed by atoms with E-state index in [-0.39, 0.29) is 12.0 Å². The maximum Gasteiger partial charge on any atom is 0.328 e. The lowest BCUT2D eigenvalue weighted by Gasteiger charge is -2.18. The first-order valence-corrected chi connectivity index (χ1v) is 6.72. The van der Waals surface area contributed by atoms with E-state index in [4.69, 9.17) is 14.2 Å². The minimum atomic E-state index is -0.349. The van der Waals surface area contributed by atoms with Crippen LogP contribution in [0.5, 0.6) is 11.5 Å². The first-order chi connectivity index (χ1) is 9.65. The lowest BCUT2D eigenvalue weighted by molar-refractivity contribution is -0.141. The molecular weight excluding hydrogens is 258 g/mol. The Kier molecular flexibility index (Phi) is 6.70. The molecule has 0 saturated carbocycles. The van der Waals surface area contributed by atoms with Crippen molar-refractivity contribution in [1.29, 1.82) is 0 Å². The second-order valence-electron chi connectivity index (χ2n) is 4.43. The van der Waals surface area contributed by atoms with Crippen LogP contribution in [-0.4, -0.2) is 33.3 Å². The van der Waals surface area contributed by atoms with Crippen LogP contribution < -0.4 is 14.8 Å². The van der Waals surface area contributed by atoms with Crippen molar-refractivity contribution in [3.05, 3.63) is 18.2 Å². The third kappa shape index (κ3) is 4.33. The first-order valence-electron chi connectivity index (χ1n) is 6.72. The molecule has 0 aromatic heterocycles. The summed E-state index contributed by atoms with van der Waals surface area (Å²) in [7, 11) is 4.57. The number of anilines is 1. The van der Waals surface area contributed by atoms with Gasteiger partial charge in [-0.3, -0.25) is 0 Å². The van der Waals surface area contributed by atoms with Gasteiger partial charge in [0.2, 0.25) is 0 Å². The molecule has 1 unspecified atom stereocenters.